The van der Waals surface area contributed by atoms with Crippen LogP contribution < -0.4 is 9.47 Å². The Hall–Kier alpha value is -1.71. The first kappa shape index (κ1) is 14.4. The second-order valence-corrected chi connectivity index (χ2v) is 4.88. The lowest BCUT2D eigenvalue weighted by Gasteiger charge is -2.19. The van der Waals surface area contributed by atoms with Crippen LogP contribution in [0.2, 0.25) is 0 Å². The minimum absolute atomic E-state index is 0.581. The van der Waals surface area contributed by atoms with Crippen LogP contribution in [0.5, 0.6) is 11.5 Å². The van der Waals surface area contributed by atoms with Gasteiger partial charge in [-0.25, -0.2) is 0 Å². The number of rotatable bonds is 6. The lowest BCUT2D eigenvalue weighted by atomic mass is 9.86. The average molecular weight is 252 g/mol. The Morgan fingerprint density at radius 3 is 2.33 bits per heavy atom. The predicted octanol–water partition coefficient (Wildman–Crippen LogP) is 2.75. The van der Waals surface area contributed by atoms with Crippen molar-refractivity contribution < 1.29 is 19.4 Å². The first-order valence-electron chi connectivity index (χ1n) is 5.85. The molecule has 100 valence electrons. The lowest BCUT2D eigenvalue weighted by Crippen LogP contribution is -2.24. The molecule has 0 aliphatic heterocycles. The highest BCUT2D eigenvalue weighted by Gasteiger charge is 2.26. The number of aryl methyl sites for hydroxylation is 1. The van der Waals surface area contributed by atoms with E-state index in [0.717, 1.165) is 5.56 Å². The molecule has 0 spiro atoms. The summed E-state index contributed by atoms with van der Waals surface area (Å²) in [6.45, 7) is 3.46. The van der Waals surface area contributed by atoms with Crippen molar-refractivity contribution in [2.75, 3.05) is 14.2 Å². The van der Waals surface area contributed by atoms with Gasteiger partial charge in [-0.3, -0.25) is 4.79 Å². The number of carboxylic acids is 1. The molecule has 0 aliphatic carbocycles. The third kappa shape index (κ3) is 3.39. The van der Waals surface area contributed by atoms with Crippen molar-refractivity contribution in [1.82, 2.24) is 0 Å². The summed E-state index contributed by atoms with van der Waals surface area (Å²) in [4.78, 5) is 11.0. The largest absolute Gasteiger partial charge is 0.493 e. The number of carboxylic acid groups (broad SMARTS) is 1. The van der Waals surface area contributed by atoms with Gasteiger partial charge in [0, 0.05) is 0 Å². The number of hydrogen-bond acceptors (Lipinski definition) is 3. The highest BCUT2D eigenvalue weighted by Crippen LogP contribution is 2.30. The Bertz CT molecular complexity index is 424. The number of ether oxygens (including phenoxy) is 2. The summed E-state index contributed by atoms with van der Waals surface area (Å²) in [6.07, 6.45) is 1.28. The number of benzene rings is 1. The lowest BCUT2D eigenvalue weighted by molar-refractivity contribution is -0.147. The highest BCUT2D eigenvalue weighted by molar-refractivity contribution is 5.73. The summed E-state index contributed by atoms with van der Waals surface area (Å²) in [6, 6.07) is 5.65. The fourth-order valence-corrected chi connectivity index (χ4v) is 1.60. The minimum Gasteiger partial charge on any atom is -0.493 e. The normalized spacial score (nSPS) is 11.1. The van der Waals surface area contributed by atoms with E-state index in [1.165, 1.54) is 0 Å². The van der Waals surface area contributed by atoms with Gasteiger partial charge in [-0.05, 0) is 44.4 Å². The van der Waals surface area contributed by atoms with E-state index in [2.05, 4.69) is 0 Å². The molecule has 0 unspecified atom stereocenters. The molecule has 0 saturated heterocycles. The molecule has 1 N–H and O–H groups in total. The van der Waals surface area contributed by atoms with Crippen LogP contribution in [0.3, 0.4) is 0 Å². The van der Waals surface area contributed by atoms with Gasteiger partial charge in [0.15, 0.2) is 11.5 Å². The van der Waals surface area contributed by atoms with E-state index in [1.54, 1.807) is 28.1 Å². The molecular formula is C14H20O4. The third-order valence-corrected chi connectivity index (χ3v) is 3.07. The van der Waals surface area contributed by atoms with Crippen LogP contribution >= 0.6 is 0 Å². The molecule has 0 amide bonds. The molecule has 0 fully saturated rings. The molecule has 0 bridgehead atoms. The van der Waals surface area contributed by atoms with Crippen molar-refractivity contribution in [3.63, 3.8) is 0 Å². The van der Waals surface area contributed by atoms with Crippen LogP contribution in [-0.4, -0.2) is 25.3 Å². The molecule has 0 saturated carbocycles. The molecule has 0 atom stereocenters. The van der Waals surface area contributed by atoms with Gasteiger partial charge in [-0.1, -0.05) is 6.07 Å². The Morgan fingerprint density at radius 1 is 1.22 bits per heavy atom. The fourth-order valence-electron chi connectivity index (χ4n) is 1.60. The van der Waals surface area contributed by atoms with Crippen molar-refractivity contribution >= 4 is 5.97 Å². The van der Waals surface area contributed by atoms with Crippen LogP contribution in [0.15, 0.2) is 18.2 Å². The maximum absolute atomic E-state index is 11.0. The van der Waals surface area contributed by atoms with Gasteiger partial charge in [0.1, 0.15) is 0 Å². The van der Waals surface area contributed by atoms with Crippen molar-refractivity contribution in [3.8, 4) is 11.5 Å². The Morgan fingerprint density at radius 2 is 1.83 bits per heavy atom. The number of methoxy groups -OCH3 is 2. The maximum atomic E-state index is 11.0. The van der Waals surface area contributed by atoms with E-state index < -0.39 is 11.4 Å². The molecule has 0 aliphatic rings. The standard InChI is InChI=1S/C14H20O4/c1-14(2,13(15)16)8-7-10-5-6-11(17-3)12(9-10)18-4/h5-6,9H,7-8H2,1-4H3,(H,15,16). The molecule has 0 radical (unpaired) electrons. The van der Waals surface area contributed by atoms with Crippen molar-refractivity contribution in [3.05, 3.63) is 23.8 Å². The van der Waals surface area contributed by atoms with Crippen molar-refractivity contribution in [2.24, 2.45) is 5.41 Å². The van der Waals surface area contributed by atoms with Gasteiger partial charge in [-0.15, -0.1) is 0 Å². The third-order valence-electron chi connectivity index (χ3n) is 3.07. The Labute approximate surface area is 108 Å². The van der Waals surface area contributed by atoms with E-state index in [9.17, 15) is 4.79 Å². The predicted molar refractivity (Wildman–Crippen MR) is 69.3 cm³/mol. The molecule has 1 rings (SSSR count). The topological polar surface area (TPSA) is 55.8 Å². The zero-order valence-corrected chi connectivity index (χ0v) is 11.3. The van der Waals surface area contributed by atoms with Gasteiger partial charge in [-0.2, -0.15) is 0 Å². The van der Waals surface area contributed by atoms with E-state index in [0.29, 0.717) is 24.3 Å². The summed E-state index contributed by atoms with van der Waals surface area (Å²) in [5, 5.41) is 9.06. The summed E-state index contributed by atoms with van der Waals surface area (Å²) in [5.41, 5.74) is 0.328. The Balaban J connectivity index is 2.77. The number of hydrogen-bond donors (Lipinski definition) is 1. The minimum atomic E-state index is -0.775. The highest BCUT2D eigenvalue weighted by atomic mass is 16.5. The second kappa shape index (κ2) is 5.76. The molecule has 1 aromatic carbocycles. The molecule has 0 heterocycles. The van der Waals surface area contributed by atoms with Gasteiger partial charge in [0.05, 0.1) is 19.6 Å². The smallest absolute Gasteiger partial charge is 0.309 e. The van der Waals surface area contributed by atoms with E-state index in [4.69, 9.17) is 14.6 Å². The van der Waals surface area contributed by atoms with Crippen LogP contribution in [0.1, 0.15) is 25.8 Å². The average Bonchev–Trinajstić information content (AvgIpc) is 2.35. The van der Waals surface area contributed by atoms with Crippen molar-refractivity contribution in [2.45, 2.75) is 26.7 Å². The summed E-state index contributed by atoms with van der Waals surface area (Å²) in [5.74, 6) is 0.574. The summed E-state index contributed by atoms with van der Waals surface area (Å²) < 4.78 is 10.4. The zero-order chi connectivity index (χ0) is 13.8. The zero-order valence-electron chi connectivity index (χ0n) is 11.3. The molecule has 18 heavy (non-hydrogen) atoms. The maximum Gasteiger partial charge on any atom is 0.309 e. The SMILES string of the molecule is COc1ccc(CCC(C)(C)C(=O)O)cc1OC. The first-order chi connectivity index (χ1) is 8.40. The Kier molecular flexibility index (Phi) is 4.59. The van der Waals surface area contributed by atoms with E-state index in [1.807, 2.05) is 18.2 Å². The number of aliphatic carboxylic acids is 1. The molecule has 0 aromatic heterocycles. The number of carbonyl (C=O) groups is 1. The fraction of sp³-hybridized carbons (Fsp3) is 0.500. The first-order valence-corrected chi connectivity index (χ1v) is 5.85. The van der Waals surface area contributed by atoms with Gasteiger partial charge in [0.2, 0.25) is 0 Å². The second-order valence-electron chi connectivity index (χ2n) is 4.88. The van der Waals surface area contributed by atoms with E-state index in [-0.39, 0.29) is 0 Å². The summed E-state index contributed by atoms with van der Waals surface area (Å²) in [7, 11) is 3.17. The molecule has 4 nitrogen and oxygen atoms in total. The van der Waals surface area contributed by atoms with Crippen LogP contribution in [0.25, 0.3) is 0 Å². The van der Waals surface area contributed by atoms with Gasteiger partial charge in [0.25, 0.3) is 0 Å². The summed E-state index contributed by atoms with van der Waals surface area (Å²) >= 11 is 0. The van der Waals surface area contributed by atoms with Gasteiger partial charge < -0.3 is 14.6 Å². The van der Waals surface area contributed by atoms with Crippen LogP contribution in [-0.2, 0) is 11.2 Å². The molecule has 4 heteroatoms. The monoisotopic (exact) mass is 252 g/mol. The van der Waals surface area contributed by atoms with Crippen LogP contribution in [0.4, 0.5) is 0 Å². The van der Waals surface area contributed by atoms with E-state index >= 15 is 0 Å². The molecule has 1 aromatic rings. The van der Waals surface area contributed by atoms with Crippen molar-refractivity contribution in [1.29, 1.82) is 0 Å². The van der Waals surface area contributed by atoms with Crippen LogP contribution in [0, 0.1) is 5.41 Å². The van der Waals surface area contributed by atoms with Gasteiger partial charge >= 0.3 is 5.97 Å². The molecular weight excluding hydrogens is 232 g/mol. The quantitative estimate of drug-likeness (QED) is 0.845.